The number of fused-ring (bicyclic) bond motifs is 1. The first-order chi connectivity index (χ1) is 5.92. The molecule has 2 rings (SSSR count). The Morgan fingerprint density at radius 3 is 3.33 bits per heavy atom. The Labute approximate surface area is 72.0 Å². The van der Waals surface area contributed by atoms with Crippen LogP contribution < -0.4 is 11.3 Å². The molecule has 0 fully saturated rings. The highest BCUT2D eigenvalue weighted by Crippen LogP contribution is 2.27. The molecule has 1 aliphatic rings. The minimum absolute atomic E-state index is 0.330. The van der Waals surface area contributed by atoms with E-state index in [1.807, 2.05) is 12.4 Å². The van der Waals surface area contributed by atoms with Gasteiger partial charge in [-0.1, -0.05) is 0 Å². The first-order valence-electron chi connectivity index (χ1n) is 4.30. The maximum atomic E-state index is 5.45. The molecular formula is C9H13N3. The van der Waals surface area contributed by atoms with Gasteiger partial charge in [-0.2, -0.15) is 0 Å². The van der Waals surface area contributed by atoms with Gasteiger partial charge in [-0.15, -0.1) is 0 Å². The molecule has 0 saturated carbocycles. The Kier molecular flexibility index (Phi) is 2.06. The second-order valence-electron chi connectivity index (χ2n) is 3.19. The number of hydrogen-bond donors (Lipinski definition) is 2. The molecule has 1 atom stereocenters. The predicted octanol–water partition coefficient (Wildman–Crippen LogP) is 0.922. The van der Waals surface area contributed by atoms with Crippen LogP contribution >= 0.6 is 0 Å². The van der Waals surface area contributed by atoms with Crippen molar-refractivity contribution in [3.05, 3.63) is 29.6 Å². The zero-order valence-electron chi connectivity index (χ0n) is 6.96. The number of nitrogens with zero attached hydrogens (tertiary/aromatic N) is 1. The standard InChI is InChI=1S/C9H13N3/c10-12-9-3-1-2-7-6-11-5-4-8(7)9/h4-6,9,12H,1-3,10H2. The van der Waals surface area contributed by atoms with Crippen LogP contribution in [0.2, 0.25) is 0 Å². The quantitative estimate of drug-likeness (QED) is 0.478. The Morgan fingerprint density at radius 1 is 1.58 bits per heavy atom. The Balaban J connectivity index is 2.37. The monoisotopic (exact) mass is 163 g/mol. The summed E-state index contributed by atoms with van der Waals surface area (Å²) in [7, 11) is 0. The third-order valence-electron chi connectivity index (χ3n) is 2.46. The molecule has 3 nitrogen and oxygen atoms in total. The summed E-state index contributed by atoms with van der Waals surface area (Å²) in [5.41, 5.74) is 5.49. The van der Waals surface area contributed by atoms with Crippen molar-refractivity contribution in [3.8, 4) is 0 Å². The van der Waals surface area contributed by atoms with E-state index in [1.54, 1.807) is 0 Å². The zero-order chi connectivity index (χ0) is 8.39. The van der Waals surface area contributed by atoms with Gasteiger partial charge < -0.3 is 0 Å². The van der Waals surface area contributed by atoms with Crippen molar-refractivity contribution in [2.75, 3.05) is 0 Å². The highest BCUT2D eigenvalue weighted by molar-refractivity contribution is 5.28. The van der Waals surface area contributed by atoms with Crippen LogP contribution in [0.3, 0.4) is 0 Å². The van der Waals surface area contributed by atoms with Crippen molar-refractivity contribution in [2.45, 2.75) is 25.3 Å². The summed E-state index contributed by atoms with van der Waals surface area (Å²) in [5.74, 6) is 5.45. The number of aromatic nitrogens is 1. The number of aryl methyl sites for hydroxylation is 1. The SMILES string of the molecule is NNC1CCCc2cnccc21. The van der Waals surface area contributed by atoms with Gasteiger partial charge in [0.2, 0.25) is 0 Å². The summed E-state index contributed by atoms with van der Waals surface area (Å²) in [6.07, 6.45) is 7.25. The lowest BCUT2D eigenvalue weighted by Crippen LogP contribution is -2.30. The van der Waals surface area contributed by atoms with E-state index in [4.69, 9.17) is 5.84 Å². The summed E-state index contributed by atoms with van der Waals surface area (Å²) in [5, 5.41) is 0. The molecular weight excluding hydrogens is 150 g/mol. The van der Waals surface area contributed by atoms with Crippen molar-refractivity contribution in [2.24, 2.45) is 5.84 Å². The van der Waals surface area contributed by atoms with E-state index < -0.39 is 0 Å². The van der Waals surface area contributed by atoms with Crippen LogP contribution in [0.15, 0.2) is 18.5 Å². The highest BCUT2D eigenvalue weighted by atomic mass is 15.2. The van der Waals surface area contributed by atoms with Gasteiger partial charge in [-0.05, 0) is 36.5 Å². The van der Waals surface area contributed by atoms with E-state index in [-0.39, 0.29) is 0 Å². The van der Waals surface area contributed by atoms with Gasteiger partial charge in [-0.25, -0.2) is 0 Å². The molecule has 3 N–H and O–H groups in total. The summed E-state index contributed by atoms with van der Waals surface area (Å²) < 4.78 is 0. The van der Waals surface area contributed by atoms with Gasteiger partial charge in [0.15, 0.2) is 0 Å². The molecule has 0 saturated heterocycles. The maximum Gasteiger partial charge on any atom is 0.0463 e. The molecule has 12 heavy (non-hydrogen) atoms. The van der Waals surface area contributed by atoms with Crippen LogP contribution in [0.4, 0.5) is 0 Å². The summed E-state index contributed by atoms with van der Waals surface area (Å²) in [6.45, 7) is 0. The number of hydrogen-bond acceptors (Lipinski definition) is 3. The van der Waals surface area contributed by atoms with Crippen molar-refractivity contribution in [3.63, 3.8) is 0 Å². The Hall–Kier alpha value is -0.930. The van der Waals surface area contributed by atoms with Gasteiger partial charge in [0.05, 0.1) is 0 Å². The van der Waals surface area contributed by atoms with E-state index in [1.165, 1.54) is 17.5 Å². The second-order valence-corrected chi connectivity index (χ2v) is 3.19. The van der Waals surface area contributed by atoms with Crippen LogP contribution in [0, 0.1) is 0 Å². The molecule has 64 valence electrons. The van der Waals surface area contributed by atoms with Gasteiger partial charge in [-0.3, -0.25) is 16.3 Å². The van der Waals surface area contributed by atoms with E-state index in [2.05, 4.69) is 16.5 Å². The average molecular weight is 163 g/mol. The third kappa shape index (κ3) is 1.21. The lowest BCUT2D eigenvalue weighted by atomic mass is 9.90. The smallest absolute Gasteiger partial charge is 0.0463 e. The van der Waals surface area contributed by atoms with E-state index in [9.17, 15) is 0 Å². The molecule has 0 aromatic carbocycles. The number of rotatable bonds is 1. The summed E-state index contributed by atoms with van der Waals surface area (Å²) >= 11 is 0. The molecule has 0 radical (unpaired) electrons. The second kappa shape index (κ2) is 3.21. The largest absolute Gasteiger partial charge is 0.271 e. The lowest BCUT2D eigenvalue weighted by molar-refractivity contribution is 0.471. The Morgan fingerprint density at radius 2 is 2.50 bits per heavy atom. The molecule has 1 aromatic heterocycles. The van der Waals surface area contributed by atoms with Gasteiger partial charge in [0.1, 0.15) is 0 Å². The predicted molar refractivity (Wildman–Crippen MR) is 47.2 cm³/mol. The van der Waals surface area contributed by atoms with Crippen LogP contribution in [-0.4, -0.2) is 4.98 Å². The van der Waals surface area contributed by atoms with E-state index in [0.717, 1.165) is 12.8 Å². The first-order valence-corrected chi connectivity index (χ1v) is 4.30. The van der Waals surface area contributed by atoms with Gasteiger partial charge in [0, 0.05) is 18.4 Å². The minimum Gasteiger partial charge on any atom is -0.271 e. The number of hydrazine groups is 1. The van der Waals surface area contributed by atoms with Crippen LogP contribution in [-0.2, 0) is 6.42 Å². The molecule has 1 heterocycles. The molecule has 1 unspecified atom stereocenters. The van der Waals surface area contributed by atoms with E-state index >= 15 is 0 Å². The summed E-state index contributed by atoms with van der Waals surface area (Å²) in [6, 6.07) is 2.38. The molecule has 0 bridgehead atoms. The number of nitrogens with two attached hydrogens (primary N) is 1. The lowest BCUT2D eigenvalue weighted by Gasteiger charge is -2.23. The molecule has 0 spiro atoms. The first kappa shape index (κ1) is 7.71. The van der Waals surface area contributed by atoms with Gasteiger partial charge in [0.25, 0.3) is 0 Å². The fourth-order valence-corrected chi connectivity index (χ4v) is 1.81. The van der Waals surface area contributed by atoms with Crippen molar-refractivity contribution in [1.82, 2.24) is 10.4 Å². The van der Waals surface area contributed by atoms with Crippen LogP contribution in [0.5, 0.6) is 0 Å². The molecule has 1 aliphatic carbocycles. The van der Waals surface area contributed by atoms with Crippen LogP contribution in [0.1, 0.15) is 30.0 Å². The van der Waals surface area contributed by atoms with Crippen molar-refractivity contribution in [1.29, 1.82) is 0 Å². The average Bonchev–Trinajstić information content (AvgIpc) is 2.17. The topological polar surface area (TPSA) is 50.9 Å². The molecule has 0 aliphatic heterocycles. The Bertz CT molecular complexity index is 272. The minimum atomic E-state index is 0.330. The fraction of sp³-hybridized carbons (Fsp3) is 0.444. The maximum absolute atomic E-state index is 5.45. The zero-order valence-corrected chi connectivity index (χ0v) is 6.96. The normalized spacial score (nSPS) is 21.9. The van der Waals surface area contributed by atoms with E-state index in [0.29, 0.717) is 6.04 Å². The molecule has 0 amide bonds. The summed E-state index contributed by atoms with van der Waals surface area (Å²) in [4.78, 5) is 4.10. The highest BCUT2D eigenvalue weighted by Gasteiger charge is 2.17. The van der Waals surface area contributed by atoms with Gasteiger partial charge >= 0.3 is 0 Å². The molecule has 3 heteroatoms. The van der Waals surface area contributed by atoms with Crippen molar-refractivity contribution < 1.29 is 0 Å². The number of nitrogens with one attached hydrogen (secondary N) is 1. The number of pyridine rings is 1. The van der Waals surface area contributed by atoms with Crippen molar-refractivity contribution >= 4 is 0 Å². The van der Waals surface area contributed by atoms with Crippen LogP contribution in [0.25, 0.3) is 0 Å². The molecule has 1 aromatic rings. The third-order valence-corrected chi connectivity index (χ3v) is 2.46. The fourth-order valence-electron chi connectivity index (χ4n) is 1.81.